The Kier molecular flexibility index (Phi) is 5.17. The van der Waals surface area contributed by atoms with Crippen molar-refractivity contribution < 1.29 is 13.2 Å². The predicted molar refractivity (Wildman–Crippen MR) is 82.6 cm³/mol. The van der Waals surface area contributed by atoms with E-state index in [9.17, 15) is 13.2 Å². The van der Waals surface area contributed by atoms with Gasteiger partial charge in [-0.25, -0.2) is 0 Å². The molecule has 0 aliphatic carbocycles. The van der Waals surface area contributed by atoms with E-state index in [0.717, 1.165) is 0 Å². The van der Waals surface area contributed by atoms with E-state index in [-0.39, 0.29) is 0 Å². The first kappa shape index (κ1) is 16.2. The number of alkyl halides is 3. The largest absolute Gasteiger partial charge is 0.391 e. The van der Waals surface area contributed by atoms with Crippen LogP contribution in [0.1, 0.15) is 18.0 Å². The van der Waals surface area contributed by atoms with Crippen LogP contribution in [0.2, 0.25) is 5.02 Å². The minimum Gasteiger partial charge on any atom is -0.377 e. The Hall–Kier alpha value is -1.20. The molecule has 0 spiro atoms. The normalized spacial score (nSPS) is 13.0. The Bertz CT molecular complexity index is 602. The lowest BCUT2D eigenvalue weighted by atomic mass is 10.0. The number of rotatable bonds is 4. The monoisotopic (exact) mass is 377 g/mol. The van der Waals surface area contributed by atoms with Crippen LogP contribution in [0.3, 0.4) is 0 Å². The summed E-state index contributed by atoms with van der Waals surface area (Å²) in [4.78, 5) is 0. The van der Waals surface area contributed by atoms with Gasteiger partial charge >= 0.3 is 6.18 Å². The lowest BCUT2D eigenvalue weighted by Gasteiger charge is -2.22. The molecule has 6 heteroatoms. The van der Waals surface area contributed by atoms with Crippen LogP contribution in [0.25, 0.3) is 0 Å². The lowest BCUT2D eigenvalue weighted by molar-refractivity contribution is -0.137. The van der Waals surface area contributed by atoms with E-state index >= 15 is 0 Å². The zero-order chi connectivity index (χ0) is 15.5. The highest BCUT2D eigenvalue weighted by atomic mass is 79.9. The highest BCUT2D eigenvalue weighted by Crippen LogP contribution is 2.36. The molecule has 0 aliphatic rings. The molecule has 2 rings (SSSR count). The summed E-state index contributed by atoms with van der Waals surface area (Å²) >= 11 is 9.25. The SMILES string of the molecule is FC(F)(F)CC(Nc1cccc(Cl)c1Br)c1ccccc1. The van der Waals surface area contributed by atoms with E-state index in [4.69, 9.17) is 11.6 Å². The van der Waals surface area contributed by atoms with Crippen molar-refractivity contribution in [3.8, 4) is 0 Å². The summed E-state index contributed by atoms with van der Waals surface area (Å²) in [6.45, 7) is 0. The van der Waals surface area contributed by atoms with Crippen molar-refractivity contribution in [1.29, 1.82) is 0 Å². The molecule has 1 atom stereocenters. The van der Waals surface area contributed by atoms with E-state index in [2.05, 4.69) is 21.2 Å². The van der Waals surface area contributed by atoms with E-state index in [1.807, 2.05) is 0 Å². The molecule has 0 aromatic heterocycles. The zero-order valence-corrected chi connectivity index (χ0v) is 13.1. The minimum atomic E-state index is -4.27. The third-order valence-electron chi connectivity index (χ3n) is 2.92. The first-order valence-electron chi connectivity index (χ1n) is 6.19. The van der Waals surface area contributed by atoms with Crippen LogP contribution in [0.5, 0.6) is 0 Å². The number of anilines is 1. The maximum Gasteiger partial charge on any atom is 0.391 e. The van der Waals surface area contributed by atoms with Crippen molar-refractivity contribution in [2.45, 2.75) is 18.6 Å². The fourth-order valence-corrected chi connectivity index (χ4v) is 2.53. The molecule has 0 bridgehead atoms. The summed E-state index contributed by atoms with van der Waals surface area (Å²) in [5.74, 6) is 0. The summed E-state index contributed by atoms with van der Waals surface area (Å²) in [5, 5.41) is 3.35. The average Bonchev–Trinajstić information content (AvgIpc) is 2.42. The predicted octanol–water partition coefficient (Wildman–Crippen LogP) is 6.21. The molecule has 0 amide bonds. The van der Waals surface area contributed by atoms with Gasteiger partial charge in [-0.2, -0.15) is 13.2 Å². The van der Waals surface area contributed by atoms with Crippen LogP contribution in [-0.2, 0) is 0 Å². The smallest absolute Gasteiger partial charge is 0.377 e. The summed E-state index contributed by atoms with van der Waals surface area (Å²) in [6, 6.07) is 12.7. The van der Waals surface area contributed by atoms with Gasteiger partial charge in [0.2, 0.25) is 0 Å². The Balaban J connectivity index is 2.30. The van der Waals surface area contributed by atoms with Gasteiger partial charge in [-0.1, -0.05) is 48.0 Å². The van der Waals surface area contributed by atoms with E-state index in [1.165, 1.54) is 0 Å². The number of hydrogen-bond acceptors (Lipinski definition) is 1. The van der Waals surface area contributed by atoms with E-state index in [0.29, 0.717) is 20.7 Å². The molecular formula is C15H12BrClF3N. The molecule has 0 saturated heterocycles. The standard InChI is InChI=1S/C15H12BrClF3N/c16-14-11(17)7-4-8-12(14)21-13(9-15(18,19)20)10-5-2-1-3-6-10/h1-8,13,21H,9H2. The fourth-order valence-electron chi connectivity index (χ4n) is 1.97. The number of halogens is 5. The second-order valence-electron chi connectivity index (χ2n) is 4.53. The van der Waals surface area contributed by atoms with Gasteiger partial charge in [0, 0.05) is 0 Å². The molecule has 0 aliphatic heterocycles. The van der Waals surface area contributed by atoms with Gasteiger partial charge in [0.1, 0.15) is 0 Å². The van der Waals surface area contributed by atoms with Crippen molar-refractivity contribution in [2.24, 2.45) is 0 Å². The number of nitrogens with one attached hydrogen (secondary N) is 1. The van der Waals surface area contributed by atoms with Crippen molar-refractivity contribution in [3.63, 3.8) is 0 Å². The summed E-state index contributed by atoms with van der Waals surface area (Å²) in [5.41, 5.74) is 1.10. The quantitative estimate of drug-likeness (QED) is 0.667. The summed E-state index contributed by atoms with van der Waals surface area (Å²) in [7, 11) is 0. The van der Waals surface area contributed by atoms with Crippen molar-refractivity contribution in [3.05, 3.63) is 63.6 Å². The topological polar surface area (TPSA) is 12.0 Å². The van der Waals surface area contributed by atoms with E-state index < -0.39 is 18.6 Å². The van der Waals surface area contributed by atoms with Crippen molar-refractivity contribution in [1.82, 2.24) is 0 Å². The second kappa shape index (κ2) is 6.71. The van der Waals surface area contributed by atoms with Gasteiger partial charge in [0.05, 0.1) is 27.6 Å². The van der Waals surface area contributed by atoms with E-state index in [1.54, 1.807) is 48.5 Å². The van der Waals surface area contributed by atoms with Crippen LogP contribution in [0, 0.1) is 0 Å². The Morgan fingerprint density at radius 2 is 1.71 bits per heavy atom. The molecule has 0 saturated carbocycles. The molecule has 0 heterocycles. The van der Waals surface area contributed by atoms with Crippen LogP contribution in [-0.4, -0.2) is 6.18 Å². The third kappa shape index (κ3) is 4.64. The molecule has 1 N–H and O–H groups in total. The van der Waals surface area contributed by atoms with Crippen LogP contribution in [0.4, 0.5) is 18.9 Å². The molecular weight excluding hydrogens is 367 g/mol. The first-order chi connectivity index (χ1) is 9.87. The zero-order valence-electron chi connectivity index (χ0n) is 10.8. The van der Waals surface area contributed by atoms with Crippen LogP contribution >= 0.6 is 27.5 Å². The van der Waals surface area contributed by atoms with Gasteiger partial charge in [-0.3, -0.25) is 0 Å². The minimum absolute atomic E-state index is 0.443. The van der Waals surface area contributed by atoms with Crippen LogP contribution in [0.15, 0.2) is 53.0 Å². The van der Waals surface area contributed by atoms with Gasteiger partial charge in [0.25, 0.3) is 0 Å². The summed E-state index contributed by atoms with van der Waals surface area (Å²) < 4.78 is 38.9. The molecule has 112 valence electrons. The van der Waals surface area contributed by atoms with Crippen molar-refractivity contribution >= 4 is 33.2 Å². The molecule has 0 radical (unpaired) electrons. The second-order valence-corrected chi connectivity index (χ2v) is 5.73. The van der Waals surface area contributed by atoms with Crippen molar-refractivity contribution in [2.75, 3.05) is 5.32 Å². The number of hydrogen-bond donors (Lipinski definition) is 1. The van der Waals surface area contributed by atoms with Gasteiger partial charge in [-0.05, 0) is 33.6 Å². The van der Waals surface area contributed by atoms with Gasteiger partial charge < -0.3 is 5.32 Å². The molecule has 0 fully saturated rings. The maximum atomic E-state index is 12.8. The summed E-state index contributed by atoms with van der Waals surface area (Å²) in [6.07, 6.45) is -5.23. The van der Waals surface area contributed by atoms with Gasteiger partial charge in [-0.15, -0.1) is 0 Å². The average molecular weight is 379 g/mol. The van der Waals surface area contributed by atoms with Gasteiger partial charge in [0.15, 0.2) is 0 Å². The first-order valence-corrected chi connectivity index (χ1v) is 7.36. The van der Waals surface area contributed by atoms with Crippen LogP contribution < -0.4 is 5.32 Å². The molecule has 1 nitrogen and oxygen atoms in total. The maximum absolute atomic E-state index is 12.8. The molecule has 2 aromatic rings. The molecule has 2 aromatic carbocycles. The third-order valence-corrected chi connectivity index (χ3v) is 4.32. The highest BCUT2D eigenvalue weighted by molar-refractivity contribution is 9.10. The highest BCUT2D eigenvalue weighted by Gasteiger charge is 2.32. The molecule has 1 unspecified atom stereocenters. The number of benzene rings is 2. The molecule has 21 heavy (non-hydrogen) atoms. The Labute approximate surface area is 134 Å². The fraction of sp³-hybridized carbons (Fsp3) is 0.200. The lowest BCUT2D eigenvalue weighted by Crippen LogP contribution is -2.20. The Morgan fingerprint density at radius 3 is 2.33 bits per heavy atom. The Morgan fingerprint density at radius 1 is 1.05 bits per heavy atom.